The highest BCUT2D eigenvalue weighted by atomic mass is 16.3. The Morgan fingerprint density at radius 1 is 1.50 bits per heavy atom. The van der Waals surface area contributed by atoms with E-state index >= 15 is 0 Å². The summed E-state index contributed by atoms with van der Waals surface area (Å²) in [6.07, 6.45) is 4.09. The number of aliphatic hydroxyl groups is 1. The molecule has 0 bridgehead atoms. The van der Waals surface area contributed by atoms with Gasteiger partial charge in [-0.15, -0.1) is 0 Å². The Morgan fingerprint density at radius 2 is 2.25 bits per heavy atom. The lowest BCUT2D eigenvalue weighted by molar-refractivity contribution is -0.125. The van der Waals surface area contributed by atoms with Crippen LogP contribution in [-0.2, 0) is 4.79 Å². The third-order valence-corrected chi connectivity index (χ3v) is 3.90. The van der Waals surface area contributed by atoms with Crippen LogP contribution in [-0.4, -0.2) is 17.0 Å². The van der Waals surface area contributed by atoms with Gasteiger partial charge in [0.15, 0.2) is 0 Å². The molecule has 0 radical (unpaired) electrons. The number of ketones is 1. The van der Waals surface area contributed by atoms with Gasteiger partial charge in [0.25, 0.3) is 0 Å². The summed E-state index contributed by atoms with van der Waals surface area (Å²) in [5.41, 5.74) is 0.0634. The summed E-state index contributed by atoms with van der Waals surface area (Å²) < 4.78 is 0. The van der Waals surface area contributed by atoms with Crippen LogP contribution in [0.5, 0.6) is 0 Å². The van der Waals surface area contributed by atoms with Crippen LogP contribution in [0, 0.1) is 11.3 Å². The van der Waals surface area contributed by atoms with E-state index in [1.807, 2.05) is 0 Å². The molecule has 0 unspecified atom stereocenters. The van der Waals surface area contributed by atoms with Gasteiger partial charge in [0.05, 0.1) is 6.10 Å². The standard InChI is InChI=1S/C10H16O2/c1-10-5-4-8(11)6-7(10)2-3-9(10)12/h7,9,12H,2-6H2,1H3/t7-,9+,10+/m1/s1. The SMILES string of the molecule is C[C@]12CCC(=O)C[C@H]1CC[C@@H]2O. The monoisotopic (exact) mass is 168 g/mol. The van der Waals surface area contributed by atoms with Crippen molar-refractivity contribution in [3.63, 3.8) is 0 Å². The van der Waals surface area contributed by atoms with Crippen LogP contribution < -0.4 is 0 Å². The lowest BCUT2D eigenvalue weighted by Crippen LogP contribution is -2.37. The summed E-state index contributed by atoms with van der Waals surface area (Å²) in [5.74, 6) is 0.861. The highest BCUT2D eigenvalue weighted by Gasteiger charge is 2.48. The molecule has 3 atom stereocenters. The molecule has 2 nitrogen and oxygen atoms in total. The maximum Gasteiger partial charge on any atom is 0.133 e. The molecular weight excluding hydrogens is 152 g/mol. The summed E-state index contributed by atoms with van der Waals surface area (Å²) in [6.45, 7) is 2.14. The van der Waals surface area contributed by atoms with E-state index in [9.17, 15) is 9.90 Å². The molecule has 2 aliphatic carbocycles. The molecule has 68 valence electrons. The molecule has 0 amide bonds. The molecular formula is C10H16O2. The van der Waals surface area contributed by atoms with Crippen molar-refractivity contribution in [3.8, 4) is 0 Å². The van der Waals surface area contributed by atoms with E-state index in [0.29, 0.717) is 24.5 Å². The number of aliphatic hydroxyl groups excluding tert-OH is 1. The fraction of sp³-hybridized carbons (Fsp3) is 0.900. The number of fused-ring (bicyclic) bond motifs is 1. The van der Waals surface area contributed by atoms with Gasteiger partial charge in [-0.2, -0.15) is 0 Å². The van der Waals surface area contributed by atoms with Gasteiger partial charge in [0.2, 0.25) is 0 Å². The van der Waals surface area contributed by atoms with Crippen LogP contribution in [0.1, 0.15) is 39.0 Å². The van der Waals surface area contributed by atoms with E-state index in [-0.39, 0.29) is 11.5 Å². The van der Waals surface area contributed by atoms with Crippen molar-refractivity contribution in [2.24, 2.45) is 11.3 Å². The van der Waals surface area contributed by atoms with Crippen LogP contribution in [0.3, 0.4) is 0 Å². The summed E-state index contributed by atoms with van der Waals surface area (Å²) in [5, 5.41) is 9.76. The van der Waals surface area contributed by atoms with Crippen molar-refractivity contribution < 1.29 is 9.90 Å². The molecule has 0 heterocycles. The molecule has 2 fully saturated rings. The second kappa shape index (κ2) is 2.56. The lowest BCUT2D eigenvalue weighted by Gasteiger charge is -2.37. The molecule has 2 aliphatic rings. The number of carbonyl (C=O) groups excluding carboxylic acids is 1. The maximum atomic E-state index is 11.2. The van der Waals surface area contributed by atoms with Crippen molar-refractivity contribution in [1.82, 2.24) is 0 Å². The average molecular weight is 168 g/mol. The van der Waals surface area contributed by atoms with Crippen LogP contribution in [0.25, 0.3) is 0 Å². The predicted molar refractivity (Wildman–Crippen MR) is 45.7 cm³/mol. The van der Waals surface area contributed by atoms with Gasteiger partial charge in [0, 0.05) is 12.8 Å². The van der Waals surface area contributed by atoms with Gasteiger partial charge in [-0.1, -0.05) is 6.92 Å². The zero-order valence-corrected chi connectivity index (χ0v) is 7.55. The van der Waals surface area contributed by atoms with Gasteiger partial charge in [-0.05, 0) is 30.6 Å². The third-order valence-electron chi connectivity index (χ3n) is 3.90. The Labute approximate surface area is 73.0 Å². The van der Waals surface area contributed by atoms with Crippen LogP contribution in [0.15, 0.2) is 0 Å². The lowest BCUT2D eigenvalue weighted by atomic mass is 9.68. The number of carbonyl (C=O) groups is 1. The average Bonchev–Trinajstić information content (AvgIpc) is 2.31. The predicted octanol–water partition coefficient (Wildman–Crippen LogP) is 1.52. The van der Waals surface area contributed by atoms with Crippen molar-refractivity contribution in [1.29, 1.82) is 0 Å². The van der Waals surface area contributed by atoms with Gasteiger partial charge in [-0.25, -0.2) is 0 Å². The third kappa shape index (κ3) is 1.01. The van der Waals surface area contributed by atoms with Crippen molar-refractivity contribution in [2.45, 2.75) is 45.1 Å². The Hall–Kier alpha value is -0.370. The fourth-order valence-electron chi connectivity index (χ4n) is 2.78. The molecule has 0 aromatic heterocycles. The van der Waals surface area contributed by atoms with Crippen molar-refractivity contribution in [3.05, 3.63) is 0 Å². The second-order valence-electron chi connectivity index (χ2n) is 4.54. The highest BCUT2D eigenvalue weighted by Crippen LogP contribution is 2.50. The minimum absolute atomic E-state index is 0.0634. The van der Waals surface area contributed by atoms with Crippen molar-refractivity contribution >= 4 is 5.78 Å². The first-order valence-corrected chi connectivity index (χ1v) is 4.83. The van der Waals surface area contributed by atoms with Gasteiger partial charge in [-0.3, -0.25) is 4.79 Å². The van der Waals surface area contributed by atoms with Gasteiger partial charge < -0.3 is 5.11 Å². The quantitative estimate of drug-likeness (QED) is 0.595. The summed E-state index contributed by atoms with van der Waals surface area (Å²) in [6, 6.07) is 0. The fourth-order valence-corrected chi connectivity index (χ4v) is 2.78. The molecule has 2 heteroatoms. The Bertz CT molecular complexity index is 212. The molecule has 2 rings (SSSR count). The number of hydrogen-bond donors (Lipinski definition) is 1. The number of Topliss-reactive ketones (excluding diaryl/α,β-unsaturated/α-hetero) is 1. The van der Waals surface area contributed by atoms with E-state index in [4.69, 9.17) is 0 Å². The molecule has 1 N–H and O–H groups in total. The largest absolute Gasteiger partial charge is 0.393 e. The summed E-state index contributed by atoms with van der Waals surface area (Å²) >= 11 is 0. The number of rotatable bonds is 0. The Morgan fingerprint density at radius 3 is 3.00 bits per heavy atom. The molecule has 0 saturated heterocycles. The zero-order chi connectivity index (χ0) is 8.77. The van der Waals surface area contributed by atoms with Gasteiger partial charge in [0.1, 0.15) is 5.78 Å². The van der Waals surface area contributed by atoms with E-state index in [1.165, 1.54) is 0 Å². The van der Waals surface area contributed by atoms with E-state index in [1.54, 1.807) is 0 Å². The first kappa shape index (κ1) is 8.24. The zero-order valence-electron chi connectivity index (χ0n) is 7.55. The Kier molecular flexibility index (Phi) is 1.76. The minimum Gasteiger partial charge on any atom is -0.393 e. The molecule has 2 saturated carbocycles. The van der Waals surface area contributed by atoms with Crippen molar-refractivity contribution in [2.75, 3.05) is 0 Å². The summed E-state index contributed by atoms with van der Waals surface area (Å²) in [4.78, 5) is 11.2. The van der Waals surface area contributed by atoms with Crippen LogP contribution in [0.2, 0.25) is 0 Å². The Balaban J connectivity index is 2.19. The minimum atomic E-state index is -0.157. The smallest absolute Gasteiger partial charge is 0.133 e. The van der Waals surface area contributed by atoms with E-state index < -0.39 is 0 Å². The normalized spacial score (nSPS) is 47.7. The highest BCUT2D eigenvalue weighted by molar-refractivity contribution is 5.79. The molecule has 0 aliphatic heterocycles. The van der Waals surface area contributed by atoms with Crippen LogP contribution >= 0.6 is 0 Å². The van der Waals surface area contributed by atoms with Crippen LogP contribution in [0.4, 0.5) is 0 Å². The molecule has 0 aromatic carbocycles. The second-order valence-corrected chi connectivity index (χ2v) is 4.54. The van der Waals surface area contributed by atoms with Gasteiger partial charge >= 0.3 is 0 Å². The molecule has 0 spiro atoms. The molecule has 12 heavy (non-hydrogen) atoms. The first-order chi connectivity index (χ1) is 5.63. The van der Waals surface area contributed by atoms with E-state index in [0.717, 1.165) is 19.3 Å². The topological polar surface area (TPSA) is 37.3 Å². The first-order valence-electron chi connectivity index (χ1n) is 4.83. The number of hydrogen-bond acceptors (Lipinski definition) is 2. The maximum absolute atomic E-state index is 11.2. The summed E-state index contributed by atoms with van der Waals surface area (Å²) in [7, 11) is 0. The van der Waals surface area contributed by atoms with E-state index in [2.05, 4.69) is 6.92 Å². The molecule has 0 aromatic rings.